The van der Waals surface area contributed by atoms with Crippen LogP contribution >= 0.6 is 11.6 Å². The molecule has 0 spiro atoms. The minimum atomic E-state index is -2.92. The van der Waals surface area contributed by atoms with E-state index in [1.165, 1.54) is 0 Å². The summed E-state index contributed by atoms with van der Waals surface area (Å²) in [5, 5.41) is 17.4. The summed E-state index contributed by atoms with van der Waals surface area (Å²) in [6.07, 6.45) is -2.35. The lowest BCUT2D eigenvalue weighted by Gasteiger charge is -2.10. The molecule has 4 nitrogen and oxygen atoms in total. The Kier molecular flexibility index (Phi) is 4.35. The number of hydrogen-bond acceptors (Lipinski definition) is 3. The van der Waals surface area contributed by atoms with Crippen LogP contribution in [-0.2, 0) is 17.1 Å². The molecule has 1 rings (SSSR count). The second-order valence-corrected chi connectivity index (χ2v) is 3.40. The Morgan fingerprint density at radius 1 is 1.65 bits per heavy atom. The molecule has 0 aliphatic carbocycles. The van der Waals surface area contributed by atoms with E-state index in [-0.39, 0.29) is 22.7 Å². The minimum absolute atomic E-state index is 0.0378. The fourth-order valence-corrected chi connectivity index (χ4v) is 1.59. The normalized spacial score (nSPS) is 10.3. The van der Waals surface area contributed by atoms with Gasteiger partial charge in [0.05, 0.1) is 29.1 Å². The number of aromatic nitrogens is 1. The smallest absolute Gasteiger partial charge is 0.307 e. The Hall–Kier alpha value is -1.74. The summed E-state index contributed by atoms with van der Waals surface area (Å²) in [4.78, 5) is 14.2. The highest BCUT2D eigenvalue weighted by Gasteiger charge is 2.22. The van der Waals surface area contributed by atoms with E-state index in [1.807, 2.05) is 0 Å². The second-order valence-electron chi connectivity index (χ2n) is 3.14. The molecule has 1 heterocycles. The predicted molar refractivity (Wildman–Crippen MR) is 54.8 cm³/mol. The summed E-state index contributed by atoms with van der Waals surface area (Å²) in [5.74, 6) is -1.48. The number of pyridine rings is 1. The van der Waals surface area contributed by atoms with Crippen LogP contribution in [0.1, 0.15) is 28.8 Å². The molecule has 1 aromatic heterocycles. The van der Waals surface area contributed by atoms with E-state index in [0.717, 1.165) is 6.20 Å². The number of rotatable bonds is 4. The van der Waals surface area contributed by atoms with E-state index in [2.05, 4.69) is 4.98 Å². The zero-order valence-electron chi connectivity index (χ0n) is 8.45. The van der Waals surface area contributed by atoms with Crippen LogP contribution < -0.4 is 0 Å². The lowest BCUT2D eigenvalue weighted by atomic mass is 10.0. The van der Waals surface area contributed by atoms with Gasteiger partial charge in [-0.15, -0.1) is 11.6 Å². The fourth-order valence-electron chi connectivity index (χ4n) is 1.38. The van der Waals surface area contributed by atoms with Crippen molar-refractivity contribution >= 4 is 17.6 Å². The highest BCUT2D eigenvalue weighted by atomic mass is 35.5. The molecule has 0 saturated heterocycles. The van der Waals surface area contributed by atoms with E-state index in [1.54, 1.807) is 6.07 Å². The van der Waals surface area contributed by atoms with Crippen LogP contribution in [-0.4, -0.2) is 16.1 Å². The summed E-state index contributed by atoms with van der Waals surface area (Å²) in [6.45, 7) is 0. The molecular weight excluding hydrogens is 254 g/mol. The maximum atomic E-state index is 12.8. The largest absolute Gasteiger partial charge is 0.481 e. The Labute approximate surface area is 100 Å². The number of nitriles is 1. The Morgan fingerprint density at radius 3 is 2.71 bits per heavy atom. The van der Waals surface area contributed by atoms with Crippen molar-refractivity contribution in [2.75, 3.05) is 0 Å². The van der Waals surface area contributed by atoms with Gasteiger partial charge in [-0.1, -0.05) is 0 Å². The van der Waals surface area contributed by atoms with Gasteiger partial charge in [-0.3, -0.25) is 9.78 Å². The molecule has 0 aliphatic heterocycles. The van der Waals surface area contributed by atoms with Gasteiger partial charge in [-0.25, -0.2) is 8.78 Å². The molecule has 1 aromatic rings. The first-order valence-corrected chi connectivity index (χ1v) is 5.01. The Morgan fingerprint density at radius 2 is 2.29 bits per heavy atom. The number of halogens is 3. The summed E-state index contributed by atoms with van der Waals surface area (Å²) in [5.41, 5.74) is -1.08. The molecule has 0 amide bonds. The number of alkyl halides is 3. The number of carboxylic acids is 1. The zero-order chi connectivity index (χ0) is 13.0. The molecule has 0 radical (unpaired) electrons. The van der Waals surface area contributed by atoms with E-state index in [0.29, 0.717) is 0 Å². The van der Waals surface area contributed by atoms with Crippen LogP contribution in [0.25, 0.3) is 0 Å². The quantitative estimate of drug-likeness (QED) is 0.843. The average molecular weight is 261 g/mol. The first kappa shape index (κ1) is 13.3. The molecule has 0 aliphatic rings. The molecule has 0 bridgehead atoms. The Bertz CT molecular complexity index is 486. The molecular formula is C10H7ClF2N2O2. The number of nitrogens with zero attached hydrogens (tertiary/aromatic N) is 2. The van der Waals surface area contributed by atoms with E-state index >= 15 is 0 Å². The predicted octanol–water partition coefficient (Wildman–Crippen LogP) is 2.26. The monoisotopic (exact) mass is 260 g/mol. The first-order valence-electron chi connectivity index (χ1n) is 4.47. The molecule has 0 atom stereocenters. The van der Waals surface area contributed by atoms with Crippen LogP contribution in [0.4, 0.5) is 8.78 Å². The van der Waals surface area contributed by atoms with Gasteiger partial charge in [0.1, 0.15) is 6.07 Å². The van der Waals surface area contributed by atoms with Gasteiger partial charge >= 0.3 is 5.97 Å². The second kappa shape index (κ2) is 5.55. The minimum Gasteiger partial charge on any atom is -0.481 e. The highest BCUT2D eigenvalue weighted by molar-refractivity contribution is 6.17. The van der Waals surface area contributed by atoms with Crippen LogP contribution in [0.15, 0.2) is 6.20 Å². The van der Waals surface area contributed by atoms with Crippen molar-refractivity contribution in [3.05, 3.63) is 28.6 Å². The van der Waals surface area contributed by atoms with E-state index in [9.17, 15) is 13.6 Å². The molecule has 1 N–H and O–H groups in total. The van der Waals surface area contributed by atoms with Crippen molar-refractivity contribution in [3.8, 4) is 6.07 Å². The summed E-state index contributed by atoms with van der Waals surface area (Å²) < 4.78 is 25.6. The maximum Gasteiger partial charge on any atom is 0.307 e. The van der Waals surface area contributed by atoms with Gasteiger partial charge in [0.25, 0.3) is 6.43 Å². The standard InChI is InChI=1S/C10H7ClF2N2O2/c11-2-7-9(10(12)13)6(3-14)5(4-15-7)1-8(16)17/h4,10H,1-2H2,(H,16,17). The lowest BCUT2D eigenvalue weighted by Crippen LogP contribution is -2.08. The molecule has 7 heteroatoms. The van der Waals surface area contributed by atoms with Gasteiger partial charge in [0, 0.05) is 6.20 Å². The van der Waals surface area contributed by atoms with Crippen molar-refractivity contribution in [3.63, 3.8) is 0 Å². The van der Waals surface area contributed by atoms with Crippen molar-refractivity contribution in [1.29, 1.82) is 5.26 Å². The molecule has 0 fully saturated rings. The molecule has 17 heavy (non-hydrogen) atoms. The highest BCUT2D eigenvalue weighted by Crippen LogP contribution is 2.28. The average Bonchev–Trinajstić information content (AvgIpc) is 2.27. The van der Waals surface area contributed by atoms with Crippen LogP contribution in [0.3, 0.4) is 0 Å². The molecule has 0 unspecified atom stereocenters. The molecule has 0 saturated carbocycles. The van der Waals surface area contributed by atoms with Crippen molar-refractivity contribution < 1.29 is 18.7 Å². The van der Waals surface area contributed by atoms with E-state index in [4.69, 9.17) is 22.0 Å². The number of aliphatic carboxylic acids is 1. The Balaban J connectivity index is 3.42. The maximum absolute atomic E-state index is 12.8. The third-order valence-electron chi connectivity index (χ3n) is 2.08. The molecule has 90 valence electrons. The number of carbonyl (C=O) groups is 1. The third kappa shape index (κ3) is 2.88. The topological polar surface area (TPSA) is 74.0 Å². The van der Waals surface area contributed by atoms with Gasteiger partial charge in [0.15, 0.2) is 0 Å². The van der Waals surface area contributed by atoms with Crippen LogP contribution in [0.5, 0.6) is 0 Å². The van der Waals surface area contributed by atoms with Crippen LogP contribution in [0, 0.1) is 11.3 Å². The van der Waals surface area contributed by atoms with Gasteiger partial charge in [-0.05, 0) is 5.56 Å². The lowest BCUT2D eigenvalue weighted by molar-refractivity contribution is -0.136. The first-order chi connectivity index (χ1) is 8.01. The SMILES string of the molecule is N#Cc1c(CC(=O)O)cnc(CCl)c1C(F)F. The number of carboxylic acid groups (broad SMARTS) is 1. The number of hydrogen-bond donors (Lipinski definition) is 1. The fraction of sp³-hybridized carbons (Fsp3) is 0.300. The van der Waals surface area contributed by atoms with Crippen molar-refractivity contribution in [2.45, 2.75) is 18.7 Å². The van der Waals surface area contributed by atoms with Crippen molar-refractivity contribution in [2.24, 2.45) is 0 Å². The molecule has 0 aromatic carbocycles. The van der Waals surface area contributed by atoms with Gasteiger partial charge in [-0.2, -0.15) is 5.26 Å². The third-order valence-corrected chi connectivity index (χ3v) is 2.33. The van der Waals surface area contributed by atoms with E-state index < -0.39 is 24.4 Å². The summed E-state index contributed by atoms with van der Waals surface area (Å²) in [6, 6.07) is 1.58. The summed E-state index contributed by atoms with van der Waals surface area (Å²) >= 11 is 5.44. The van der Waals surface area contributed by atoms with Crippen molar-refractivity contribution in [1.82, 2.24) is 4.98 Å². The van der Waals surface area contributed by atoms with Crippen LogP contribution in [0.2, 0.25) is 0 Å². The van der Waals surface area contributed by atoms with Gasteiger partial charge in [0.2, 0.25) is 0 Å². The van der Waals surface area contributed by atoms with Gasteiger partial charge < -0.3 is 5.11 Å². The summed E-state index contributed by atoms with van der Waals surface area (Å²) in [7, 11) is 0. The zero-order valence-corrected chi connectivity index (χ0v) is 9.21.